The molecule has 2 heterocycles. The molecular weight excluding hydrogens is 374 g/mol. The van der Waals surface area contributed by atoms with Crippen LogP contribution in [0.3, 0.4) is 0 Å². The normalized spacial score (nSPS) is 11.3. The highest BCUT2D eigenvalue weighted by Crippen LogP contribution is 2.27. The van der Waals surface area contributed by atoms with Crippen LogP contribution in [0, 0.1) is 18.3 Å². The van der Waals surface area contributed by atoms with Crippen LogP contribution < -0.4 is 4.72 Å². The second-order valence-electron chi connectivity index (χ2n) is 6.22. The van der Waals surface area contributed by atoms with Gasteiger partial charge in [0.15, 0.2) is 0 Å². The largest absolute Gasteiger partial charge is 0.291 e. The Kier molecular flexibility index (Phi) is 4.29. The smallest absolute Gasteiger partial charge is 0.261 e. The van der Waals surface area contributed by atoms with E-state index >= 15 is 0 Å². The fourth-order valence-corrected chi connectivity index (χ4v) is 3.89. The van der Waals surface area contributed by atoms with E-state index in [1.807, 2.05) is 43.6 Å². The average Bonchev–Trinajstić information content (AvgIpc) is 3.14. The van der Waals surface area contributed by atoms with Crippen molar-refractivity contribution in [1.82, 2.24) is 14.4 Å². The number of nitrogens with zero attached hydrogens (tertiary/aromatic N) is 4. The number of aromatic nitrogens is 3. The van der Waals surface area contributed by atoms with Gasteiger partial charge in [-0.1, -0.05) is 12.1 Å². The fraction of sp³-hybridized carbons (Fsp3) is 0.0500. The standard InChI is InChI=1S/C20H15N5O2S/c1-14-3-6-16(19-13-25-10-2-9-22-20(25)23-19)11-18(14)24-28(26,27)17-7-4-15(12-21)5-8-17/h2-11,13,24H,1H3. The van der Waals surface area contributed by atoms with Crippen molar-refractivity contribution in [2.45, 2.75) is 11.8 Å². The Balaban J connectivity index is 1.69. The molecule has 1 N–H and O–H groups in total. The van der Waals surface area contributed by atoms with Crippen molar-refractivity contribution >= 4 is 21.5 Å². The minimum Gasteiger partial charge on any atom is -0.291 e. The summed E-state index contributed by atoms with van der Waals surface area (Å²) >= 11 is 0. The van der Waals surface area contributed by atoms with Crippen LogP contribution >= 0.6 is 0 Å². The number of aryl methyl sites for hydroxylation is 1. The summed E-state index contributed by atoms with van der Waals surface area (Å²) in [6.45, 7) is 1.83. The zero-order valence-corrected chi connectivity index (χ0v) is 15.7. The average molecular weight is 389 g/mol. The van der Waals surface area contributed by atoms with E-state index < -0.39 is 10.0 Å². The highest BCUT2D eigenvalue weighted by atomic mass is 32.2. The van der Waals surface area contributed by atoms with Crippen LogP contribution in [0.4, 0.5) is 5.69 Å². The molecule has 0 aliphatic heterocycles. The van der Waals surface area contributed by atoms with E-state index in [1.54, 1.807) is 16.7 Å². The van der Waals surface area contributed by atoms with Crippen molar-refractivity contribution in [3.05, 3.63) is 78.2 Å². The summed E-state index contributed by atoms with van der Waals surface area (Å²) in [6.07, 6.45) is 5.35. The molecule has 0 aliphatic rings. The summed E-state index contributed by atoms with van der Waals surface area (Å²) in [5.74, 6) is 0.567. The molecule has 0 radical (unpaired) electrons. The molecule has 8 heteroatoms. The molecule has 0 spiro atoms. The maximum absolute atomic E-state index is 12.7. The van der Waals surface area contributed by atoms with Crippen molar-refractivity contribution in [1.29, 1.82) is 5.26 Å². The summed E-state index contributed by atoms with van der Waals surface area (Å²) in [6, 6.07) is 15.0. The molecule has 4 rings (SSSR count). The molecule has 2 aromatic carbocycles. The number of rotatable bonds is 4. The number of sulfonamides is 1. The zero-order chi connectivity index (χ0) is 19.7. The Labute approximate surface area is 162 Å². The maximum atomic E-state index is 12.7. The molecule has 0 unspecified atom stereocenters. The van der Waals surface area contributed by atoms with Gasteiger partial charge in [-0.05, 0) is 48.9 Å². The molecular formula is C20H15N5O2S. The van der Waals surface area contributed by atoms with E-state index in [0.29, 0.717) is 22.7 Å². The lowest BCUT2D eigenvalue weighted by molar-refractivity contribution is 0.601. The van der Waals surface area contributed by atoms with Crippen LogP contribution in [-0.2, 0) is 10.0 Å². The Bertz CT molecular complexity index is 1290. The lowest BCUT2D eigenvalue weighted by Crippen LogP contribution is -2.13. The molecule has 0 aliphatic carbocycles. The van der Waals surface area contributed by atoms with E-state index in [0.717, 1.165) is 11.1 Å². The topological polar surface area (TPSA) is 100 Å². The van der Waals surface area contributed by atoms with Crippen LogP contribution in [0.5, 0.6) is 0 Å². The van der Waals surface area contributed by atoms with Crippen molar-refractivity contribution in [2.24, 2.45) is 0 Å². The third-order valence-corrected chi connectivity index (χ3v) is 5.69. The van der Waals surface area contributed by atoms with E-state index in [4.69, 9.17) is 5.26 Å². The van der Waals surface area contributed by atoms with Gasteiger partial charge in [-0.25, -0.2) is 18.4 Å². The number of nitrogens with one attached hydrogen (secondary N) is 1. The van der Waals surface area contributed by atoms with Gasteiger partial charge in [-0.2, -0.15) is 5.26 Å². The molecule has 0 saturated heterocycles. The van der Waals surface area contributed by atoms with Gasteiger partial charge in [-0.15, -0.1) is 0 Å². The Hall–Kier alpha value is -3.70. The van der Waals surface area contributed by atoms with Crippen molar-refractivity contribution in [3.63, 3.8) is 0 Å². The third kappa shape index (κ3) is 3.31. The van der Waals surface area contributed by atoms with Gasteiger partial charge < -0.3 is 0 Å². The first-order valence-corrected chi connectivity index (χ1v) is 9.88. The number of benzene rings is 2. The van der Waals surface area contributed by atoms with E-state index in [9.17, 15) is 8.42 Å². The lowest BCUT2D eigenvalue weighted by Gasteiger charge is -2.12. The minimum absolute atomic E-state index is 0.0910. The monoisotopic (exact) mass is 389 g/mol. The quantitative estimate of drug-likeness (QED) is 0.577. The number of nitriles is 1. The van der Waals surface area contributed by atoms with Gasteiger partial charge in [0.25, 0.3) is 10.0 Å². The SMILES string of the molecule is Cc1ccc(-c2cn3cccnc3n2)cc1NS(=O)(=O)c1ccc(C#N)cc1. The number of hydrogen-bond donors (Lipinski definition) is 1. The highest BCUT2D eigenvalue weighted by Gasteiger charge is 2.16. The van der Waals surface area contributed by atoms with Gasteiger partial charge in [0.1, 0.15) is 0 Å². The minimum atomic E-state index is -3.78. The fourth-order valence-electron chi connectivity index (χ4n) is 2.77. The maximum Gasteiger partial charge on any atom is 0.261 e. The molecule has 0 bridgehead atoms. The molecule has 0 amide bonds. The van der Waals surface area contributed by atoms with Gasteiger partial charge >= 0.3 is 0 Å². The van der Waals surface area contributed by atoms with Crippen molar-refractivity contribution in [3.8, 4) is 17.3 Å². The van der Waals surface area contributed by atoms with Gasteiger partial charge in [0, 0.05) is 24.2 Å². The molecule has 0 fully saturated rings. The molecule has 0 saturated carbocycles. The number of anilines is 1. The van der Waals surface area contributed by atoms with Crippen molar-refractivity contribution < 1.29 is 8.42 Å². The first kappa shape index (κ1) is 17.7. The first-order chi connectivity index (χ1) is 13.5. The van der Waals surface area contributed by atoms with Crippen LogP contribution in [0.1, 0.15) is 11.1 Å². The van der Waals surface area contributed by atoms with Gasteiger partial charge in [0.2, 0.25) is 5.78 Å². The van der Waals surface area contributed by atoms with Crippen LogP contribution in [0.2, 0.25) is 0 Å². The Morgan fingerprint density at radius 1 is 1.14 bits per heavy atom. The van der Waals surface area contributed by atoms with Crippen LogP contribution in [0.15, 0.2) is 72.0 Å². The van der Waals surface area contributed by atoms with E-state index in [-0.39, 0.29) is 4.90 Å². The lowest BCUT2D eigenvalue weighted by atomic mass is 10.1. The second kappa shape index (κ2) is 6.79. The summed E-state index contributed by atoms with van der Waals surface area (Å²) in [4.78, 5) is 8.76. The number of imidazole rings is 1. The molecule has 2 aromatic heterocycles. The second-order valence-corrected chi connectivity index (χ2v) is 7.91. The summed E-state index contributed by atoms with van der Waals surface area (Å²) in [5.41, 5.74) is 3.11. The predicted octanol–water partition coefficient (Wildman–Crippen LogP) is 3.38. The summed E-state index contributed by atoms with van der Waals surface area (Å²) in [5, 5.41) is 8.87. The van der Waals surface area contributed by atoms with E-state index in [2.05, 4.69) is 14.7 Å². The Morgan fingerprint density at radius 3 is 2.64 bits per heavy atom. The molecule has 28 heavy (non-hydrogen) atoms. The predicted molar refractivity (Wildman–Crippen MR) is 105 cm³/mol. The number of fused-ring (bicyclic) bond motifs is 1. The van der Waals surface area contributed by atoms with E-state index in [1.165, 1.54) is 24.3 Å². The highest BCUT2D eigenvalue weighted by molar-refractivity contribution is 7.92. The Morgan fingerprint density at radius 2 is 1.93 bits per heavy atom. The van der Waals surface area contributed by atoms with Crippen molar-refractivity contribution in [2.75, 3.05) is 4.72 Å². The van der Waals surface area contributed by atoms with Crippen LogP contribution in [-0.4, -0.2) is 22.8 Å². The molecule has 138 valence electrons. The first-order valence-electron chi connectivity index (χ1n) is 8.40. The molecule has 7 nitrogen and oxygen atoms in total. The van der Waals surface area contributed by atoms with Crippen LogP contribution in [0.25, 0.3) is 17.0 Å². The van der Waals surface area contributed by atoms with Gasteiger partial charge in [0.05, 0.1) is 27.9 Å². The molecule has 4 aromatic rings. The summed E-state index contributed by atoms with van der Waals surface area (Å²) in [7, 11) is -3.78. The third-order valence-electron chi connectivity index (χ3n) is 4.31. The summed E-state index contributed by atoms with van der Waals surface area (Å²) < 4.78 is 29.9. The van der Waals surface area contributed by atoms with Gasteiger partial charge in [-0.3, -0.25) is 9.12 Å². The zero-order valence-electron chi connectivity index (χ0n) is 14.9. The number of hydrogen-bond acceptors (Lipinski definition) is 5. The molecule has 0 atom stereocenters.